The van der Waals surface area contributed by atoms with Gasteiger partial charge in [-0.1, -0.05) is 53.1 Å². The quantitative estimate of drug-likeness (QED) is 0.112. The lowest BCUT2D eigenvalue weighted by Crippen LogP contribution is -2.48. The van der Waals surface area contributed by atoms with E-state index in [0.717, 1.165) is 43.9 Å². The molecule has 2 aliphatic heterocycles. The summed E-state index contributed by atoms with van der Waals surface area (Å²) >= 11 is 8.82. The third kappa shape index (κ3) is 11.0. The number of ether oxygens (including phenoxy) is 3. The Kier molecular flexibility index (Phi) is 15.1. The average Bonchev–Trinajstić information content (AvgIpc) is 3.98. The van der Waals surface area contributed by atoms with Gasteiger partial charge in [0.2, 0.25) is 25.8 Å². The van der Waals surface area contributed by atoms with Gasteiger partial charge < -0.3 is 24.0 Å². The topological polar surface area (TPSA) is 135 Å². The number of nitrogens with zero attached hydrogens (tertiary/aromatic N) is 6. The maximum Gasteiger partial charge on any atom is 0.243 e. The summed E-state index contributed by atoms with van der Waals surface area (Å²) in [6.07, 6.45) is 1.14. The molecule has 0 unspecified atom stereocenters. The van der Waals surface area contributed by atoms with Gasteiger partial charge in [0.25, 0.3) is 0 Å². The predicted octanol–water partition coefficient (Wildman–Crippen LogP) is 7.92. The Hall–Kier alpha value is -4.82. The maximum atomic E-state index is 13.6. The van der Waals surface area contributed by atoms with Crippen LogP contribution >= 0.6 is 34.3 Å². The Morgan fingerprint density at radius 1 is 0.594 bits per heavy atom. The Morgan fingerprint density at radius 2 is 1.02 bits per heavy atom. The van der Waals surface area contributed by atoms with Crippen LogP contribution in [0.15, 0.2) is 99.4 Å². The maximum absolute atomic E-state index is 13.6. The van der Waals surface area contributed by atoms with E-state index >= 15 is 0 Å². The molecule has 0 amide bonds. The molecule has 64 heavy (non-hydrogen) atoms. The molecule has 2 aliphatic rings. The molecule has 8 rings (SSSR count). The first-order chi connectivity index (χ1) is 30.7. The van der Waals surface area contributed by atoms with E-state index in [0.29, 0.717) is 92.2 Å². The van der Waals surface area contributed by atoms with E-state index in [1.165, 1.54) is 21.7 Å². The van der Waals surface area contributed by atoms with Crippen LogP contribution < -0.4 is 24.0 Å². The van der Waals surface area contributed by atoms with Gasteiger partial charge >= 0.3 is 0 Å². The minimum atomic E-state index is -3.48. The Bertz CT molecular complexity index is 2730. The zero-order valence-electron chi connectivity index (χ0n) is 36.2. The van der Waals surface area contributed by atoms with Crippen molar-refractivity contribution in [1.29, 1.82) is 0 Å². The van der Waals surface area contributed by atoms with E-state index in [2.05, 4.69) is 14.8 Å². The third-order valence-electron chi connectivity index (χ3n) is 10.9. The summed E-state index contributed by atoms with van der Waals surface area (Å²) in [7, 11) is -2.19. The van der Waals surface area contributed by atoms with E-state index in [4.69, 9.17) is 30.8 Å². The average molecular weight is 970 g/mol. The molecule has 0 spiro atoms. The standard InChI is InChI=1S/C24H29N3O5S2.C21H21ClFN3O2S2/c1-17-5-7-20(8-6-17)34(28,29)27-11-9-26(10-12-27)24-25-19(16-33-24)13-18-14-21(30-2)23(32-4)22(15-18)31-3;1-15-2-5-18(6-3-15)30(27,28)26-10-8-25(9-11-26)21-24-17(14-29-21)12-16-4-7-19(22)20(23)13-16/h5-8,14-16H,9-13H2,1-4H3;2-7,13-14H,8-12H2,1H3. The predicted molar refractivity (Wildman–Crippen MR) is 252 cm³/mol. The number of rotatable bonds is 13. The van der Waals surface area contributed by atoms with Crippen molar-refractivity contribution in [3.63, 3.8) is 0 Å². The highest BCUT2D eigenvalue weighted by atomic mass is 35.5. The van der Waals surface area contributed by atoms with Crippen molar-refractivity contribution in [3.8, 4) is 17.2 Å². The van der Waals surface area contributed by atoms with Gasteiger partial charge in [-0.15, -0.1) is 22.7 Å². The lowest BCUT2D eigenvalue weighted by Gasteiger charge is -2.33. The van der Waals surface area contributed by atoms with Crippen molar-refractivity contribution in [3.05, 3.63) is 134 Å². The van der Waals surface area contributed by atoms with E-state index < -0.39 is 25.9 Å². The van der Waals surface area contributed by atoms with E-state index in [9.17, 15) is 21.2 Å². The number of benzene rings is 4. The van der Waals surface area contributed by atoms with Crippen LogP contribution in [-0.4, -0.2) is 109 Å². The zero-order chi connectivity index (χ0) is 45.6. The number of aryl methyl sites for hydroxylation is 2. The van der Waals surface area contributed by atoms with Gasteiger partial charge in [-0.2, -0.15) is 8.61 Å². The molecule has 19 heteroatoms. The SMILES string of the molecule is COc1cc(Cc2csc(N3CCN(S(=O)(=O)c4ccc(C)cc4)CC3)n2)cc(OC)c1OC.Cc1ccc(S(=O)(=O)N2CCN(c3nc(Cc4ccc(Cl)c(F)c4)cs3)CC2)cc1. The van der Waals surface area contributed by atoms with Crippen molar-refractivity contribution in [1.82, 2.24) is 18.6 Å². The molecule has 340 valence electrons. The fourth-order valence-corrected chi connectivity index (χ4v) is 12.0. The van der Waals surface area contributed by atoms with Gasteiger partial charge in [0, 0.05) is 76.0 Å². The van der Waals surface area contributed by atoms with Crippen LogP contribution in [0.2, 0.25) is 5.02 Å². The number of methoxy groups -OCH3 is 3. The first-order valence-corrected chi connectivity index (χ1v) is 25.5. The molecule has 2 saturated heterocycles. The Balaban J connectivity index is 0.000000193. The van der Waals surface area contributed by atoms with Crippen molar-refractivity contribution in [2.45, 2.75) is 36.5 Å². The highest BCUT2D eigenvalue weighted by molar-refractivity contribution is 7.89. The van der Waals surface area contributed by atoms with Crippen molar-refractivity contribution >= 4 is 64.6 Å². The van der Waals surface area contributed by atoms with E-state index in [1.54, 1.807) is 73.4 Å². The molecule has 2 aromatic heterocycles. The van der Waals surface area contributed by atoms with Gasteiger partial charge in [-0.3, -0.25) is 0 Å². The van der Waals surface area contributed by atoms with Gasteiger partial charge in [0.1, 0.15) is 5.82 Å². The molecular weight excluding hydrogens is 919 g/mol. The second kappa shape index (κ2) is 20.6. The monoisotopic (exact) mass is 968 g/mol. The Labute approximate surface area is 387 Å². The number of sulfonamides is 2. The number of aromatic nitrogens is 2. The number of hydrogen-bond acceptors (Lipinski definition) is 13. The first-order valence-electron chi connectivity index (χ1n) is 20.4. The van der Waals surface area contributed by atoms with Gasteiger partial charge in [-0.05, 0) is 73.5 Å². The molecule has 0 radical (unpaired) electrons. The molecule has 0 bridgehead atoms. The minimum Gasteiger partial charge on any atom is -0.493 e. The van der Waals surface area contributed by atoms with Gasteiger partial charge in [-0.25, -0.2) is 31.2 Å². The first kappa shape index (κ1) is 47.2. The molecule has 0 atom stereocenters. The summed E-state index contributed by atoms with van der Waals surface area (Å²) in [5.74, 6) is 1.35. The molecule has 13 nitrogen and oxygen atoms in total. The van der Waals surface area contributed by atoms with Crippen LogP contribution in [0, 0.1) is 19.7 Å². The lowest BCUT2D eigenvalue weighted by molar-refractivity contribution is 0.324. The number of piperazine rings is 2. The summed E-state index contributed by atoms with van der Waals surface area (Å²) in [5, 5.41) is 5.85. The number of hydrogen-bond donors (Lipinski definition) is 0. The summed E-state index contributed by atoms with van der Waals surface area (Å²) < 4.78 is 84.7. The highest BCUT2D eigenvalue weighted by Gasteiger charge is 2.31. The fraction of sp³-hybridized carbons (Fsp3) is 0.333. The molecule has 0 saturated carbocycles. The summed E-state index contributed by atoms with van der Waals surface area (Å²) in [6, 6.07) is 22.6. The molecule has 2 fully saturated rings. The number of anilines is 2. The second-order valence-electron chi connectivity index (χ2n) is 15.3. The third-order valence-corrected chi connectivity index (χ3v) is 16.9. The number of halogens is 2. The zero-order valence-corrected chi connectivity index (χ0v) is 40.2. The van der Waals surface area contributed by atoms with Crippen molar-refractivity contribution in [2.24, 2.45) is 0 Å². The van der Waals surface area contributed by atoms with Crippen molar-refractivity contribution in [2.75, 3.05) is 83.5 Å². The Morgan fingerprint density at radius 3 is 1.41 bits per heavy atom. The van der Waals surface area contributed by atoms with Crippen LogP contribution in [-0.2, 0) is 32.9 Å². The molecular formula is C45H50ClFN6O7S4. The van der Waals surface area contributed by atoms with Crippen LogP contribution in [0.3, 0.4) is 0 Å². The summed E-state index contributed by atoms with van der Waals surface area (Å²) in [6.45, 7) is 7.91. The smallest absolute Gasteiger partial charge is 0.243 e. The van der Waals surface area contributed by atoms with Crippen LogP contribution in [0.5, 0.6) is 17.2 Å². The normalized spacial score (nSPS) is 15.1. The molecule has 0 aliphatic carbocycles. The van der Waals surface area contributed by atoms with Gasteiger partial charge in [0.15, 0.2) is 21.8 Å². The lowest BCUT2D eigenvalue weighted by atomic mass is 10.1. The van der Waals surface area contributed by atoms with Gasteiger partial charge in [0.05, 0.1) is 47.5 Å². The minimum absolute atomic E-state index is 0.108. The van der Waals surface area contributed by atoms with E-state index in [1.807, 2.05) is 61.0 Å². The number of thiazole rings is 2. The molecule has 4 heterocycles. The van der Waals surface area contributed by atoms with Crippen LogP contribution in [0.1, 0.15) is 33.6 Å². The highest BCUT2D eigenvalue weighted by Crippen LogP contribution is 2.39. The second-order valence-corrected chi connectivity index (χ2v) is 21.2. The molecule has 4 aromatic carbocycles. The fourth-order valence-electron chi connectivity index (χ4n) is 7.31. The van der Waals surface area contributed by atoms with Crippen LogP contribution in [0.25, 0.3) is 0 Å². The summed E-state index contributed by atoms with van der Waals surface area (Å²) in [5.41, 5.74) is 5.66. The molecule has 6 aromatic rings. The summed E-state index contributed by atoms with van der Waals surface area (Å²) in [4.78, 5) is 14.4. The molecule has 0 N–H and O–H groups in total. The van der Waals surface area contributed by atoms with E-state index in [-0.39, 0.29) is 5.02 Å². The largest absolute Gasteiger partial charge is 0.493 e. The van der Waals surface area contributed by atoms with Crippen molar-refractivity contribution < 1.29 is 35.4 Å². The van der Waals surface area contributed by atoms with Crippen LogP contribution in [0.4, 0.5) is 14.7 Å².